The molecule has 1 N–H and O–H groups in total. The Morgan fingerprint density at radius 2 is 1.94 bits per heavy atom. The highest BCUT2D eigenvalue weighted by Gasteiger charge is 2.23. The van der Waals surface area contributed by atoms with E-state index in [2.05, 4.69) is 28.4 Å². The molecule has 2 aliphatic rings. The van der Waals surface area contributed by atoms with E-state index in [1.165, 1.54) is 19.3 Å². The van der Waals surface area contributed by atoms with Crippen LogP contribution in [0.3, 0.4) is 0 Å². The molecule has 169 valence electrons. The summed E-state index contributed by atoms with van der Waals surface area (Å²) in [6.07, 6.45) is 10.3. The van der Waals surface area contributed by atoms with Crippen LogP contribution in [0.4, 0.5) is 5.69 Å². The Labute approximate surface area is 188 Å². The van der Waals surface area contributed by atoms with Crippen molar-refractivity contribution in [3.8, 4) is 17.1 Å². The first-order valence-corrected chi connectivity index (χ1v) is 12.0. The summed E-state index contributed by atoms with van der Waals surface area (Å²) < 4.78 is 7.92. The van der Waals surface area contributed by atoms with E-state index in [4.69, 9.17) is 14.8 Å². The molecule has 7 heteroatoms. The molecule has 1 aromatic carbocycles. The van der Waals surface area contributed by atoms with E-state index >= 15 is 0 Å². The zero-order valence-corrected chi connectivity index (χ0v) is 19.1. The van der Waals surface area contributed by atoms with Gasteiger partial charge >= 0.3 is 0 Å². The first kappa shape index (κ1) is 21.0. The Bertz CT molecular complexity index is 1150. The Morgan fingerprint density at radius 3 is 2.69 bits per heavy atom. The second-order valence-corrected chi connectivity index (χ2v) is 8.90. The number of nitrogens with one attached hydrogen (secondary N) is 1. The minimum Gasteiger partial charge on any atom is -0.493 e. The van der Waals surface area contributed by atoms with Crippen molar-refractivity contribution in [3.63, 3.8) is 0 Å². The highest BCUT2D eigenvalue weighted by Crippen LogP contribution is 2.34. The number of rotatable bonds is 5. The molecule has 0 amide bonds. The first-order valence-electron chi connectivity index (χ1n) is 12.0. The van der Waals surface area contributed by atoms with E-state index in [1.807, 2.05) is 24.6 Å². The van der Waals surface area contributed by atoms with E-state index in [9.17, 15) is 4.79 Å². The van der Waals surface area contributed by atoms with Crippen LogP contribution in [-0.4, -0.2) is 39.4 Å². The van der Waals surface area contributed by atoms with Crippen LogP contribution in [-0.2, 0) is 0 Å². The number of aromatic amines is 1. The number of benzene rings is 1. The molecule has 1 aliphatic carbocycles. The maximum absolute atomic E-state index is 13.2. The van der Waals surface area contributed by atoms with Crippen LogP contribution < -0.4 is 15.2 Å². The third-order valence-electron chi connectivity index (χ3n) is 6.74. The molecule has 0 unspecified atom stereocenters. The third-order valence-corrected chi connectivity index (χ3v) is 6.74. The van der Waals surface area contributed by atoms with E-state index in [0.717, 1.165) is 61.5 Å². The Kier molecular flexibility index (Phi) is 5.89. The standard InChI is InChI=1S/C25H32N5O2/c1-3-32-21-16-19(29-14-8-5-9-15-29)12-13-20(21)24-26-22-17(2)28-30(23(22)25(31)27-24)18-10-6-4-7-11-18/h5,12-13,16,18H,3-4,6-11,14-15H2,1-2H3,(H,26,27,31). The largest absolute Gasteiger partial charge is 0.493 e. The van der Waals surface area contributed by atoms with E-state index in [1.54, 1.807) is 0 Å². The van der Waals surface area contributed by atoms with Gasteiger partial charge in [-0.15, -0.1) is 0 Å². The molecule has 1 saturated heterocycles. The van der Waals surface area contributed by atoms with Crippen molar-refractivity contribution in [2.24, 2.45) is 0 Å². The average molecular weight is 435 g/mol. The number of ether oxygens (including phenoxy) is 1. The summed E-state index contributed by atoms with van der Waals surface area (Å²) in [5.41, 5.74) is 3.91. The molecule has 1 aliphatic heterocycles. The molecule has 32 heavy (non-hydrogen) atoms. The average Bonchev–Trinajstić information content (AvgIpc) is 3.17. The zero-order chi connectivity index (χ0) is 22.1. The number of hydrogen-bond acceptors (Lipinski definition) is 5. The van der Waals surface area contributed by atoms with Crippen LogP contribution in [0.5, 0.6) is 5.75 Å². The van der Waals surface area contributed by atoms with Gasteiger partial charge in [-0.25, -0.2) is 4.98 Å². The van der Waals surface area contributed by atoms with Gasteiger partial charge in [0.1, 0.15) is 17.1 Å². The number of aromatic nitrogens is 4. The summed E-state index contributed by atoms with van der Waals surface area (Å²) in [5.74, 6) is 1.29. The molecule has 2 fully saturated rings. The lowest BCUT2D eigenvalue weighted by Gasteiger charge is -2.29. The molecule has 0 spiro atoms. The van der Waals surface area contributed by atoms with Gasteiger partial charge in [-0.05, 0) is 58.1 Å². The molecule has 1 radical (unpaired) electrons. The molecule has 2 aromatic heterocycles. The Morgan fingerprint density at radius 1 is 1.16 bits per heavy atom. The monoisotopic (exact) mass is 434 g/mol. The van der Waals surface area contributed by atoms with Crippen LogP contribution in [0, 0.1) is 13.3 Å². The van der Waals surface area contributed by atoms with Gasteiger partial charge in [-0.1, -0.05) is 19.3 Å². The zero-order valence-electron chi connectivity index (χ0n) is 19.1. The Balaban J connectivity index is 1.56. The van der Waals surface area contributed by atoms with Gasteiger partial charge in [0.15, 0.2) is 5.52 Å². The summed E-state index contributed by atoms with van der Waals surface area (Å²) >= 11 is 0. The number of anilines is 1. The fourth-order valence-electron chi connectivity index (χ4n) is 5.09. The summed E-state index contributed by atoms with van der Waals surface area (Å²) in [7, 11) is 0. The van der Waals surface area contributed by atoms with E-state index in [0.29, 0.717) is 23.5 Å². The number of aryl methyl sites for hydroxylation is 1. The summed E-state index contributed by atoms with van der Waals surface area (Å²) in [6, 6.07) is 6.48. The normalized spacial score (nSPS) is 17.8. The fraction of sp³-hybridized carbons (Fsp3) is 0.520. The summed E-state index contributed by atoms with van der Waals surface area (Å²) in [6.45, 7) is 6.51. The second kappa shape index (κ2) is 8.96. The van der Waals surface area contributed by atoms with Gasteiger partial charge in [-0.3, -0.25) is 9.48 Å². The lowest BCUT2D eigenvalue weighted by Crippen LogP contribution is -2.29. The van der Waals surface area contributed by atoms with E-state index < -0.39 is 0 Å². The van der Waals surface area contributed by atoms with Crippen molar-refractivity contribution in [2.75, 3.05) is 24.6 Å². The lowest BCUT2D eigenvalue weighted by molar-refractivity contribution is 0.336. The smallest absolute Gasteiger partial charge is 0.277 e. The first-order chi connectivity index (χ1) is 15.7. The van der Waals surface area contributed by atoms with Crippen molar-refractivity contribution in [2.45, 2.75) is 64.8 Å². The van der Waals surface area contributed by atoms with Gasteiger partial charge in [0.05, 0.1) is 23.9 Å². The number of piperidine rings is 1. The maximum atomic E-state index is 13.2. The number of nitrogens with zero attached hydrogens (tertiary/aromatic N) is 4. The van der Waals surface area contributed by atoms with Gasteiger partial charge in [0.2, 0.25) is 0 Å². The molecule has 0 atom stereocenters. The SMILES string of the molecule is CCOc1cc(N2CC[CH]CC2)ccc1-c1nc2c(C)nn(C3CCCCC3)c2c(=O)[nH]1. The predicted molar refractivity (Wildman–Crippen MR) is 127 cm³/mol. The van der Waals surface area contributed by atoms with Crippen molar-refractivity contribution in [1.82, 2.24) is 19.7 Å². The molecular weight excluding hydrogens is 402 g/mol. The second-order valence-electron chi connectivity index (χ2n) is 8.90. The number of hydrogen-bond donors (Lipinski definition) is 1. The summed E-state index contributed by atoms with van der Waals surface area (Å²) in [5, 5.41) is 4.74. The van der Waals surface area contributed by atoms with Crippen molar-refractivity contribution < 1.29 is 4.74 Å². The topological polar surface area (TPSA) is 76.0 Å². The van der Waals surface area contributed by atoms with Crippen LogP contribution >= 0.6 is 0 Å². The lowest BCUT2D eigenvalue weighted by atomic mass is 9.95. The van der Waals surface area contributed by atoms with Crippen LogP contribution in [0.1, 0.15) is 63.6 Å². The summed E-state index contributed by atoms with van der Waals surface area (Å²) in [4.78, 5) is 23.5. The Hall–Kier alpha value is -2.83. The van der Waals surface area contributed by atoms with Crippen LogP contribution in [0.2, 0.25) is 0 Å². The van der Waals surface area contributed by atoms with Gasteiger partial charge in [0, 0.05) is 24.8 Å². The highest BCUT2D eigenvalue weighted by molar-refractivity contribution is 5.80. The molecular formula is C25H32N5O2. The number of H-pyrrole nitrogens is 1. The van der Waals surface area contributed by atoms with Crippen LogP contribution in [0.15, 0.2) is 23.0 Å². The third kappa shape index (κ3) is 3.89. The highest BCUT2D eigenvalue weighted by atomic mass is 16.5. The molecule has 3 aromatic rings. The molecule has 3 heterocycles. The molecule has 7 nitrogen and oxygen atoms in total. The minimum atomic E-state index is -0.130. The van der Waals surface area contributed by atoms with Gasteiger partial charge in [0.25, 0.3) is 5.56 Å². The van der Waals surface area contributed by atoms with E-state index in [-0.39, 0.29) is 11.6 Å². The van der Waals surface area contributed by atoms with Crippen molar-refractivity contribution >= 4 is 16.7 Å². The van der Waals surface area contributed by atoms with Gasteiger partial charge in [-0.2, -0.15) is 5.10 Å². The fourth-order valence-corrected chi connectivity index (χ4v) is 5.09. The maximum Gasteiger partial charge on any atom is 0.277 e. The number of fused-ring (bicyclic) bond motifs is 1. The van der Waals surface area contributed by atoms with Gasteiger partial charge < -0.3 is 14.6 Å². The van der Waals surface area contributed by atoms with Crippen molar-refractivity contribution in [3.05, 3.63) is 40.7 Å². The molecule has 0 bridgehead atoms. The minimum absolute atomic E-state index is 0.130. The molecule has 1 saturated carbocycles. The van der Waals surface area contributed by atoms with Crippen LogP contribution in [0.25, 0.3) is 22.4 Å². The van der Waals surface area contributed by atoms with Crippen molar-refractivity contribution in [1.29, 1.82) is 0 Å². The molecule has 5 rings (SSSR count). The quantitative estimate of drug-likeness (QED) is 0.624. The predicted octanol–water partition coefficient (Wildman–Crippen LogP) is 4.80.